The fraction of sp³-hybridized carbons (Fsp3) is 0.136. The monoisotopic (exact) mass is 368 g/mol. The zero-order valence-corrected chi connectivity index (χ0v) is 15.2. The van der Waals surface area contributed by atoms with Gasteiger partial charge in [-0.3, -0.25) is 5.41 Å². The minimum absolute atomic E-state index is 0.226. The van der Waals surface area contributed by atoms with Crippen LogP contribution in [-0.2, 0) is 12.8 Å². The second-order valence-corrected chi connectivity index (χ2v) is 7.16. The fourth-order valence-electron chi connectivity index (χ4n) is 3.96. The molecule has 2 heterocycles. The van der Waals surface area contributed by atoms with Crippen molar-refractivity contribution in [3.63, 3.8) is 0 Å². The van der Waals surface area contributed by atoms with E-state index in [0.29, 0.717) is 22.9 Å². The number of anilines is 2. The summed E-state index contributed by atoms with van der Waals surface area (Å²) in [7, 11) is 0. The number of rotatable bonds is 4. The van der Waals surface area contributed by atoms with Gasteiger partial charge >= 0.3 is 0 Å². The zero-order chi connectivity index (χ0) is 19.1. The number of aromatic amines is 1. The van der Waals surface area contributed by atoms with Crippen LogP contribution in [0.25, 0.3) is 10.9 Å². The number of H-pyrrole nitrogens is 1. The van der Waals surface area contributed by atoms with Crippen LogP contribution in [0.5, 0.6) is 0 Å². The highest BCUT2D eigenvalue weighted by Crippen LogP contribution is 2.28. The van der Waals surface area contributed by atoms with Gasteiger partial charge in [0.05, 0.1) is 11.3 Å². The van der Waals surface area contributed by atoms with Crippen LogP contribution in [0.15, 0.2) is 61.1 Å². The normalized spacial score (nSPS) is 13.6. The van der Waals surface area contributed by atoms with Gasteiger partial charge in [0.2, 0.25) is 0 Å². The molecule has 28 heavy (non-hydrogen) atoms. The van der Waals surface area contributed by atoms with Gasteiger partial charge in [-0.05, 0) is 41.5 Å². The molecule has 0 amide bonds. The number of hydrogen-bond donors (Lipinski definition) is 4. The van der Waals surface area contributed by atoms with Crippen LogP contribution < -0.4 is 11.1 Å². The molecule has 0 atom stereocenters. The lowest BCUT2D eigenvalue weighted by Crippen LogP contribution is -2.23. The Morgan fingerprint density at radius 2 is 1.86 bits per heavy atom. The van der Waals surface area contributed by atoms with E-state index < -0.39 is 0 Å². The number of fused-ring (bicyclic) bond motifs is 2. The van der Waals surface area contributed by atoms with Gasteiger partial charge in [0.1, 0.15) is 18.0 Å². The molecule has 5 rings (SSSR count). The molecular formula is C22H20N6. The van der Waals surface area contributed by atoms with E-state index in [2.05, 4.69) is 44.5 Å². The number of hydrogen-bond acceptors (Lipinski definition) is 5. The maximum Gasteiger partial charge on any atom is 0.141 e. The van der Waals surface area contributed by atoms with Crippen LogP contribution in [0.3, 0.4) is 0 Å². The zero-order valence-electron chi connectivity index (χ0n) is 15.2. The third kappa shape index (κ3) is 2.79. The lowest BCUT2D eigenvalue weighted by atomic mass is 10.0. The van der Waals surface area contributed by atoms with Gasteiger partial charge in [-0.25, -0.2) is 9.97 Å². The highest BCUT2D eigenvalue weighted by molar-refractivity contribution is 6.17. The fourth-order valence-corrected chi connectivity index (χ4v) is 3.96. The summed E-state index contributed by atoms with van der Waals surface area (Å²) in [5.74, 6) is 0.923. The van der Waals surface area contributed by atoms with Gasteiger partial charge in [-0.2, -0.15) is 0 Å². The summed E-state index contributed by atoms with van der Waals surface area (Å²) in [5, 5.41) is 13.4. The average Bonchev–Trinajstić information content (AvgIpc) is 3.33. The predicted molar refractivity (Wildman–Crippen MR) is 112 cm³/mol. The summed E-state index contributed by atoms with van der Waals surface area (Å²) in [4.78, 5) is 11.7. The average molecular weight is 368 g/mol. The summed E-state index contributed by atoms with van der Waals surface area (Å²) in [5.41, 5.74) is 11.5. The molecule has 1 aliphatic carbocycles. The molecule has 6 heteroatoms. The molecule has 2 aromatic heterocycles. The number of benzene rings is 2. The lowest BCUT2D eigenvalue weighted by molar-refractivity contribution is 0.767. The van der Waals surface area contributed by atoms with Gasteiger partial charge in [-0.1, -0.05) is 36.4 Å². The summed E-state index contributed by atoms with van der Waals surface area (Å²) >= 11 is 0. The summed E-state index contributed by atoms with van der Waals surface area (Å²) in [6.07, 6.45) is 5.20. The van der Waals surface area contributed by atoms with E-state index in [-0.39, 0.29) is 6.04 Å². The van der Waals surface area contributed by atoms with E-state index in [4.69, 9.17) is 11.1 Å². The first kappa shape index (κ1) is 16.5. The molecule has 0 saturated carbocycles. The summed E-state index contributed by atoms with van der Waals surface area (Å²) in [6, 6.07) is 16.6. The number of nitrogen functional groups attached to an aromatic ring is 1. The van der Waals surface area contributed by atoms with E-state index in [1.165, 1.54) is 17.5 Å². The van der Waals surface area contributed by atoms with Crippen molar-refractivity contribution in [2.24, 2.45) is 0 Å². The number of nitrogens with zero attached hydrogens (tertiary/aromatic N) is 2. The smallest absolute Gasteiger partial charge is 0.141 e. The van der Waals surface area contributed by atoms with Crippen LogP contribution in [0.2, 0.25) is 0 Å². The molecule has 6 nitrogen and oxygen atoms in total. The highest BCUT2D eigenvalue weighted by Gasteiger charge is 2.24. The summed E-state index contributed by atoms with van der Waals surface area (Å²) in [6.45, 7) is 0. The largest absolute Gasteiger partial charge is 0.383 e. The van der Waals surface area contributed by atoms with E-state index in [1.807, 2.05) is 30.5 Å². The molecule has 138 valence electrons. The van der Waals surface area contributed by atoms with Gasteiger partial charge in [0.15, 0.2) is 0 Å². The first-order chi connectivity index (χ1) is 13.7. The van der Waals surface area contributed by atoms with Crippen LogP contribution in [0.1, 0.15) is 22.3 Å². The second kappa shape index (κ2) is 6.49. The first-order valence-electron chi connectivity index (χ1n) is 9.29. The van der Waals surface area contributed by atoms with Crippen molar-refractivity contribution in [2.75, 3.05) is 11.1 Å². The Morgan fingerprint density at radius 3 is 2.64 bits per heavy atom. The van der Waals surface area contributed by atoms with Crippen molar-refractivity contribution in [3.05, 3.63) is 83.3 Å². The Hall–Kier alpha value is -3.67. The van der Waals surface area contributed by atoms with Crippen molar-refractivity contribution < 1.29 is 0 Å². The van der Waals surface area contributed by atoms with Crippen molar-refractivity contribution in [2.45, 2.75) is 18.9 Å². The minimum Gasteiger partial charge on any atom is -0.383 e. The Balaban J connectivity index is 1.47. The maximum atomic E-state index is 8.77. The topological polar surface area (TPSA) is 103 Å². The Bertz CT molecular complexity index is 1170. The molecule has 0 saturated heterocycles. The van der Waals surface area contributed by atoms with Gasteiger partial charge in [0.25, 0.3) is 0 Å². The third-order valence-corrected chi connectivity index (χ3v) is 5.36. The molecule has 0 bridgehead atoms. The van der Waals surface area contributed by atoms with Crippen molar-refractivity contribution in [1.82, 2.24) is 15.0 Å². The number of aromatic nitrogens is 3. The van der Waals surface area contributed by atoms with Gasteiger partial charge in [-0.15, -0.1) is 0 Å². The van der Waals surface area contributed by atoms with E-state index in [9.17, 15) is 0 Å². The standard InChI is InChI=1S/C22H20N6/c23-20(16-6-5-13-7-8-25-18(13)11-16)19-21(24)26-12-27-22(19)28-17-9-14-3-1-2-4-15(14)10-17/h1-8,11-12,17,23,25H,9-10H2,(H3,24,26,27,28). The molecule has 2 aromatic carbocycles. The highest BCUT2D eigenvalue weighted by atomic mass is 15.1. The molecule has 0 fully saturated rings. The Morgan fingerprint density at radius 1 is 1.07 bits per heavy atom. The quantitative estimate of drug-likeness (QED) is 0.414. The summed E-state index contributed by atoms with van der Waals surface area (Å²) < 4.78 is 0. The number of nitrogens with two attached hydrogens (primary N) is 1. The van der Waals surface area contributed by atoms with E-state index in [1.54, 1.807) is 0 Å². The Labute approximate surface area is 162 Å². The molecule has 0 spiro atoms. The minimum atomic E-state index is 0.226. The molecule has 1 aliphatic rings. The molecular weight excluding hydrogens is 348 g/mol. The maximum absolute atomic E-state index is 8.77. The van der Waals surface area contributed by atoms with Crippen molar-refractivity contribution in [3.8, 4) is 0 Å². The second-order valence-electron chi connectivity index (χ2n) is 7.16. The molecule has 0 aliphatic heterocycles. The number of nitrogens with one attached hydrogen (secondary N) is 3. The van der Waals surface area contributed by atoms with Crippen molar-refractivity contribution in [1.29, 1.82) is 5.41 Å². The molecule has 5 N–H and O–H groups in total. The van der Waals surface area contributed by atoms with E-state index in [0.717, 1.165) is 29.3 Å². The predicted octanol–water partition coefficient (Wildman–Crippen LogP) is 3.54. The Kier molecular flexibility index (Phi) is 3.83. The first-order valence-corrected chi connectivity index (χ1v) is 9.29. The van der Waals surface area contributed by atoms with E-state index >= 15 is 0 Å². The van der Waals surface area contributed by atoms with Gasteiger partial charge in [0, 0.05) is 23.3 Å². The van der Waals surface area contributed by atoms with Crippen molar-refractivity contribution >= 4 is 28.3 Å². The van der Waals surface area contributed by atoms with Gasteiger partial charge < -0.3 is 16.0 Å². The van der Waals surface area contributed by atoms with Crippen LogP contribution >= 0.6 is 0 Å². The van der Waals surface area contributed by atoms with Crippen LogP contribution in [0, 0.1) is 5.41 Å². The lowest BCUT2D eigenvalue weighted by Gasteiger charge is -2.17. The molecule has 0 radical (unpaired) electrons. The van der Waals surface area contributed by atoms with Crippen LogP contribution in [0.4, 0.5) is 11.6 Å². The SMILES string of the molecule is N=C(c1ccc2cc[nH]c2c1)c1c(N)ncnc1NC1Cc2ccccc2C1. The molecule has 0 unspecified atom stereocenters. The third-order valence-electron chi connectivity index (χ3n) is 5.36. The molecule has 4 aromatic rings. The van der Waals surface area contributed by atoms with Crippen LogP contribution in [-0.4, -0.2) is 26.7 Å².